The van der Waals surface area contributed by atoms with E-state index < -0.39 is 15.9 Å². The summed E-state index contributed by atoms with van der Waals surface area (Å²) in [4.78, 5) is 16.4. The molecule has 0 N–H and O–H groups in total. The summed E-state index contributed by atoms with van der Waals surface area (Å²) in [7, 11) is -3.86. The number of sulfone groups is 1. The highest BCUT2D eigenvalue weighted by molar-refractivity contribution is 7.91. The van der Waals surface area contributed by atoms with Crippen LogP contribution in [0.5, 0.6) is 0 Å². The normalized spacial score (nSPS) is 11.5. The fourth-order valence-corrected chi connectivity index (χ4v) is 3.78. The van der Waals surface area contributed by atoms with Gasteiger partial charge >= 0.3 is 6.09 Å². The van der Waals surface area contributed by atoms with Crippen molar-refractivity contribution in [3.05, 3.63) is 54.9 Å². The molecule has 2 heterocycles. The van der Waals surface area contributed by atoms with Crippen LogP contribution in [0.25, 0.3) is 10.9 Å². The molecule has 0 fully saturated rings. The summed E-state index contributed by atoms with van der Waals surface area (Å²) in [5.74, 6) is 0. The van der Waals surface area contributed by atoms with Crippen LogP contribution in [0.15, 0.2) is 64.8 Å². The first-order valence-electron chi connectivity index (χ1n) is 6.98. The van der Waals surface area contributed by atoms with Gasteiger partial charge in [0, 0.05) is 17.8 Å². The lowest BCUT2D eigenvalue weighted by Gasteiger charge is -2.09. The second kappa shape index (κ2) is 5.85. The molecule has 23 heavy (non-hydrogen) atoms. The number of ether oxygens (including phenoxy) is 1. The molecule has 0 atom stereocenters. The Morgan fingerprint density at radius 1 is 1.22 bits per heavy atom. The Kier molecular flexibility index (Phi) is 3.87. The average molecular weight is 330 g/mol. The monoisotopic (exact) mass is 330 g/mol. The van der Waals surface area contributed by atoms with Crippen LogP contribution < -0.4 is 0 Å². The second-order valence-electron chi connectivity index (χ2n) is 4.77. The first kappa shape index (κ1) is 15.2. The lowest BCUT2D eigenvalue weighted by atomic mass is 10.3. The largest absolute Gasteiger partial charge is 0.449 e. The van der Waals surface area contributed by atoms with E-state index in [1.54, 1.807) is 31.2 Å². The molecular formula is C16H14N2O4S. The first-order chi connectivity index (χ1) is 11.1. The molecule has 3 rings (SSSR count). The number of fused-ring (bicyclic) bond motifs is 1. The molecule has 2 aromatic heterocycles. The first-order valence-corrected chi connectivity index (χ1v) is 8.46. The molecule has 118 valence electrons. The third kappa shape index (κ3) is 2.59. The lowest BCUT2D eigenvalue weighted by molar-refractivity contribution is 0.153. The molecule has 0 saturated carbocycles. The van der Waals surface area contributed by atoms with Gasteiger partial charge in [-0.15, -0.1) is 0 Å². The summed E-state index contributed by atoms with van der Waals surface area (Å²) in [5.41, 5.74) is 0.438. The number of rotatable bonds is 3. The van der Waals surface area contributed by atoms with E-state index in [1.165, 1.54) is 30.6 Å². The van der Waals surface area contributed by atoms with Crippen molar-refractivity contribution in [1.82, 2.24) is 9.55 Å². The Bertz CT molecular complexity index is 962. The molecular weight excluding hydrogens is 316 g/mol. The number of carbonyl (C=O) groups is 1. The van der Waals surface area contributed by atoms with Gasteiger partial charge < -0.3 is 4.74 Å². The summed E-state index contributed by atoms with van der Waals surface area (Å²) >= 11 is 0. The highest BCUT2D eigenvalue weighted by Crippen LogP contribution is 2.27. The van der Waals surface area contributed by atoms with Crippen LogP contribution in [-0.2, 0) is 14.6 Å². The quantitative estimate of drug-likeness (QED) is 0.738. The van der Waals surface area contributed by atoms with Crippen LogP contribution in [0.1, 0.15) is 6.92 Å². The maximum atomic E-state index is 12.9. The number of pyridine rings is 1. The van der Waals surface area contributed by atoms with Crippen molar-refractivity contribution >= 4 is 26.8 Å². The van der Waals surface area contributed by atoms with E-state index in [-0.39, 0.29) is 16.5 Å². The van der Waals surface area contributed by atoms with Gasteiger partial charge in [-0.05, 0) is 31.2 Å². The number of benzene rings is 1. The van der Waals surface area contributed by atoms with Crippen LogP contribution in [0.2, 0.25) is 0 Å². The Hall–Kier alpha value is -2.67. The summed E-state index contributed by atoms with van der Waals surface area (Å²) in [6.45, 7) is 1.81. The van der Waals surface area contributed by atoms with Crippen molar-refractivity contribution < 1.29 is 17.9 Å². The average Bonchev–Trinajstić information content (AvgIpc) is 2.96. The Morgan fingerprint density at radius 2 is 1.96 bits per heavy atom. The highest BCUT2D eigenvalue weighted by atomic mass is 32.2. The van der Waals surface area contributed by atoms with Crippen molar-refractivity contribution in [1.29, 1.82) is 0 Å². The maximum absolute atomic E-state index is 12.9. The van der Waals surface area contributed by atoms with Gasteiger partial charge in [-0.3, -0.25) is 4.98 Å². The highest BCUT2D eigenvalue weighted by Gasteiger charge is 2.27. The standard InChI is InChI=1S/C16H14N2O4S/c1-2-22-16(19)18-14-8-9-17-11-12(14)10-15(18)23(20,21)13-6-4-3-5-7-13/h3-11H,2H2,1H3. The fraction of sp³-hybridized carbons (Fsp3) is 0.125. The number of carbonyl (C=O) groups excluding carboxylic acids is 1. The van der Waals surface area contributed by atoms with Crippen LogP contribution in [0.4, 0.5) is 4.79 Å². The van der Waals surface area contributed by atoms with Gasteiger partial charge in [0.1, 0.15) is 0 Å². The van der Waals surface area contributed by atoms with E-state index in [9.17, 15) is 13.2 Å². The van der Waals surface area contributed by atoms with E-state index in [4.69, 9.17) is 4.74 Å². The minimum absolute atomic E-state index is 0.112. The number of hydrogen-bond acceptors (Lipinski definition) is 5. The Labute approximate surface area is 133 Å². The zero-order chi connectivity index (χ0) is 16.4. The van der Waals surface area contributed by atoms with Gasteiger partial charge in [0.05, 0.1) is 17.0 Å². The molecule has 3 aromatic rings. The van der Waals surface area contributed by atoms with Crippen molar-refractivity contribution in [2.45, 2.75) is 16.8 Å². The van der Waals surface area contributed by atoms with Gasteiger partial charge in [-0.1, -0.05) is 18.2 Å². The van der Waals surface area contributed by atoms with Gasteiger partial charge in [-0.25, -0.2) is 17.8 Å². The molecule has 0 aliphatic rings. The molecule has 1 aromatic carbocycles. The smallest absolute Gasteiger partial charge is 0.419 e. The molecule has 7 heteroatoms. The predicted molar refractivity (Wildman–Crippen MR) is 84.0 cm³/mol. The van der Waals surface area contributed by atoms with Gasteiger partial charge in [0.2, 0.25) is 9.84 Å². The van der Waals surface area contributed by atoms with E-state index in [0.29, 0.717) is 10.9 Å². The number of nitrogens with zero attached hydrogens (tertiary/aromatic N) is 2. The molecule has 0 aliphatic heterocycles. The number of hydrogen-bond donors (Lipinski definition) is 0. The zero-order valence-corrected chi connectivity index (χ0v) is 13.2. The Morgan fingerprint density at radius 3 is 2.65 bits per heavy atom. The second-order valence-corrected chi connectivity index (χ2v) is 6.66. The topological polar surface area (TPSA) is 78.3 Å². The van der Waals surface area contributed by atoms with Crippen LogP contribution in [-0.4, -0.2) is 30.7 Å². The number of aromatic nitrogens is 2. The van der Waals surface area contributed by atoms with Crippen LogP contribution >= 0.6 is 0 Å². The van der Waals surface area contributed by atoms with Gasteiger partial charge in [-0.2, -0.15) is 0 Å². The summed E-state index contributed by atoms with van der Waals surface area (Å²) in [6.07, 6.45) is 2.27. The molecule has 0 bridgehead atoms. The summed E-state index contributed by atoms with van der Waals surface area (Å²) in [6, 6.07) is 11.0. The third-order valence-electron chi connectivity index (χ3n) is 3.35. The van der Waals surface area contributed by atoms with E-state index in [1.807, 2.05) is 0 Å². The summed E-state index contributed by atoms with van der Waals surface area (Å²) in [5, 5.41) is 0.417. The van der Waals surface area contributed by atoms with Gasteiger partial charge in [0.25, 0.3) is 0 Å². The minimum Gasteiger partial charge on any atom is -0.449 e. The molecule has 0 aliphatic carbocycles. The predicted octanol–water partition coefficient (Wildman–Crippen LogP) is 2.87. The molecule has 0 amide bonds. The van der Waals surface area contributed by atoms with E-state index >= 15 is 0 Å². The maximum Gasteiger partial charge on any atom is 0.419 e. The van der Waals surface area contributed by atoms with E-state index in [0.717, 1.165) is 4.57 Å². The molecule has 0 saturated heterocycles. The van der Waals surface area contributed by atoms with Crippen LogP contribution in [0.3, 0.4) is 0 Å². The summed E-state index contributed by atoms with van der Waals surface area (Å²) < 4.78 is 31.8. The molecule has 6 nitrogen and oxygen atoms in total. The Balaban J connectivity index is 2.29. The fourth-order valence-electron chi connectivity index (χ4n) is 2.32. The molecule has 0 unspecified atom stereocenters. The van der Waals surface area contributed by atoms with Crippen molar-refractivity contribution in [2.24, 2.45) is 0 Å². The molecule has 0 radical (unpaired) electrons. The van der Waals surface area contributed by atoms with Crippen molar-refractivity contribution in [3.63, 3.8) is 0 Å². The van der Waals surface area contributed by atoms with E-state index in [2.05, 4.69) is 4.98 Å². The lowest BCUT2D eigenvalue weighted by Crippen LogP contribution is -2.18. The van der Waals surface area contributed by atoms with Crippen LogP contribution in [0, 0.1) is 0 Å². The van der Waals surface area contributed by atoms with Crippen molar-refractivity contribution in [2.75, 3.05) is 6.61 Å². The van der Waals surface area contributed by atoms with Crippen molar-refractivity contribution in [3.8, 4) is 0 Å². The third-order valence-corrected chi connectivity index (χ3v) is 5.09. The SMILES string of the molecule is CCOC(=O)n1c(S(=O)(=O)c2ccccc2)cc2cnccc21. The van der Waals surface area contributed by atoms with Gasteiger partial charge in [0.15, 0.2) is 5.03 Å². The zero-order valence-electron chi connectivity index (χ0n) is 12.3. The molecule has 0 spiro atoms. The minimum atomic E-state index is -3.86.